The minimum atomic E-state index is -4.85. The van der Waals surface area contributed by atoms with E-state index in [9.17, 15) is 23.1 Å². The number of halogens is 3. The Hall–Kier alpha value is -2.96. The van der Waals surface area contributed by atoms with Crippen LogP contribution in [-0.4, -0.2) is 22.7 Å². The third kappa shape index (κ3) is 2.73. The molecule has 0 saturated carbocycles. The third-order valence-corrected chi connectivity index (χ3v) is 3.38. The maximum absolute atomic E-state index is 12.5. The van der Waals surface area contributed by atoms with E-state index < -0.39 is 12.1 Å². The number of aromatic hydroxyl groups is 1. The van der Waals surface area contributed by atoms with Gasteiger partial charge in [-0.1, -0.05) is 18.2 Å². The highest BCUT2D eigenvalue weighted by molar-refractivity contribution is 6.04. The van der Waals surface area contributed by atoms with Crippen molar-refractivity contribution in [3.63, 3.8) is 0 Å². The first kappa shape index (κ1) is 15.0. The number of nitrogens with one attached hydrogen (secondary N) is 1. The van der Waals surface area contributed by atoms with Gasteiger partial charge in [0.15, 0.2) is 6.29 Å². The second-order valence-corrected chi connectivity index (χ2v) is 4.79. The lowest BCUT2D eigenvalue weighted by Gasteiger charge is -2.14. The molecule has 0 bridgehead atoms. The van der Waals surface area contributed by atoms with Gasteiger partial charge in [-0.15, -0.1) is 13.2 Å². The van der Waals surface area contributed by atoms with Gasteiger partial charge in [0.1, 0.15) is 11.5 Å². The van der Waals surface area contributed by atoms with Gasteiger partial charge in [-0.05, 0) is 18.2 Å². The highest BCUT2D eigenvalue weighted by Gasteiger charge is 2.32. The lowest BCUT2D eigenvalue weighted by atomic mass is 10.0. The van der Waals surface area contributed by atoms with E-state index in [0.29, 0.717) is 11.8 Å². The van der Waals surface area contributed by atoms with Crippen molar-refractivity contribution in [3.8, 4) is 22.6 Å². The zero-order valence-electron chi connectivity index (χ0n) is 11.5. The first-order valence-corrected chi connectivity index (χ1v) is 6.54. The molecule has 0 saturated heterocycles. The number of ether oxygens (including phenoxy) is 1. The average Bonchev–Trinajstić information content (AvgIpc) is 2.91. The summed E-state index contributed by atoms with van der Waals surface area (Å²) in [6.07, 6.45) is -2.88. The van der Waals surface area contributed by atoms with E-state index in [-0.39, 0.29) is 27.8 Å². The molecule has 7 heteroatoms. The van der Waals surface area contributed by atoms with Crippen molar-refractivity contribution < 1.29 is 27.8 Å². The number of hydrogen-bond acceptors (Lipinski definition) is 3. The van der Waals surface area contributed by atoms with Crippen LogP contribution < -0.4 is 4.74 Å². The van der Waals surface area contributed by atoms with Gasteiger partial charge in [-0.25, -0.2) is 0 Å². The van der Waals surface area contributed by atoms with Gasteiger partial charge < -0.3 is 14.8 Å². The molecule has 0 atom stereocenters. The number of fused-ring (bicyclic) bond motifs is 1. The number of benzene rings is 2. The van der Waals surface area contributed by atoms with Crippen molar-refractivity contribution in [2.75, 3.05) is 0 Å². The Balaban J connectivity index is 2.21. The molecule has 0 radical (unpaired) electrons. The Morgan fingerprint density at radius 3 is 2.52 bits per heavy atom. The lowest BCUT2D eigenvalue weighted by molar-refractivity contribution is -0.274. The Morgan fingerprint density at radius 1 is 1.09 bits per heavy atom. The molecule has 0 amide bonds. The van der Waals surface area contributed by atoms with Crippen LogP contribution in [0.15, 0.2) is 42.6 Å². The molecule has 4 nitrogen and oxygen atoms in total. The summed E-state index contributed by atoms with van der Waals surface area (Å²) in [6.45, 7) is 0. The summed E-state index contributed by atoms with van der Waals surface area (Å²) in [7, 11) is 0. The van der Waals surface area contributed by atoms with Gasteiger partial charge in [0.2, 0.25) is 0 Å². The van der Waals surface area contributed by atoms with Crippen LogP contribution >= 0.6 is 0 Å². The fourth-order valence-corrected chi connectivity index (χ4v) is 2.44. The van der Waals surface area contributed by atoms with E-state index in [1.807, 2.05) is 0 Å². The van der Waals surface area contributed by atoms with Gasteiger partial charge in [0.25, 0.3) is 0 Å². The van der Waals surface area contributed by atoms with Crippen LogP contribution in [0.5, 0.6) is 11.5 Å². The number of phenolic OH excluding ortho intramolecular Hbond substituents is 1. The van der Waals surface area contributed by atoms with Crippen molar-refractivity contribution in [2.45, 2.75) is 6.36 Å². The third-order valence-electron chi connectivity index (χ3n) is 3.38. The molecule has 2 aromatic carbocycles. The lowest BCUT2D eigenvalue weighted by Crippen LogP contribution is -2.17. The number of carbonyl (C=O) groups excluding carboxylic acids is 1. The zero-order valence-corrected chi connectivity index (χ0v) is 11.5. The van der Waals surface area contributed by atoms with Crippen LogP contribution in [0.1, 0.15) is 10.4 Å². The molecule has 0 aliphatic rings. The number of rotatable bonds is 3. The molecular formula is C16H10F3NO3. The number of hydrogen-bond donors (Lipinski definition) is 2. The average molecular weight is 321 g/mol. The van der Waals surface area contributed by atoms with Gasteiger partial charge in [0.05, 0.1) is 5.39 Å². The Labute approximate surface area is 128 Å². The SMILES string of the molecule is O=Cc1c[nH]c2ccc(-c3ccccc3OC(F)(F)F)c(O)c12. The van der Waals surface area contributed by atoms with Crippen LogP contribution in [0.4, 0.5) is 13.2 Å². The normalized spacial score (nSPS) is 11.6. The summed E-state index contributed by atoms with van der Waals surface area (Å²) < 4.78 is 41.6. The van der Waals surface area contributed by atoms with E-state index in [1.54, 1.807) is 6.07 Å². The number of aromatic nitrogens is 1. The van der Waals surface area contributed by atoms with E-state index in [1.165, 1.54) is 30.5 Å². The van der Waals surface area contributed by atoms with Gasteiger partial charge >= 0.3 is 6.36 Å². The minimum Gasteiger partial charge on any atom is -0.507 e. The number of aromatic amines is 1. The van der Waals surface area contributed by atoms with Crippen molar-refractivity contribution in [1.82, 2.24) is 4.98 Å². The van der Waals surface area contributed by atoms with E-state index in [2.05, 4.69) is 9.72 Å². The molecule has 118 valence electrons. The molecular weight excluding hydrogens is 311 g/mol. The molecule has 1 heterocycles. The zero-order chi connectivity index (χ0) is 16.6. The van der Waals surface area contributed by atoms with Gasteiger partial charge in [0, 0.05) is 28.4 Å². The van der Waals surface area contributed by atoms with E-state index >= 15 is 0 Å². The smallest absolute Gasteiger partial charge is 0.507 e. The monoisotopic (exact) mass is 321 g/mol. The summed E-state index contributed by atoms with van der Waals surface area (Å²) in [5.41, 5.74) is 0.929. The standard InChI is InChI=1S/C16H10F3NO3/c17-16(18,19)23-13-4-2-1-3-10(13)11-5-6-12-14(15(11)22)9(8-21)7-20-12/h1-8,20,22H. The first-order chi connectivity index (χ1) is 10.9. The van der Waals surface area contributed by atoms with Crippen LogP contribution in [0, 0.1) is 0 Å². The van der Waals surface area contributed by atoms with Gasteiger partial charge in [-0.2, -0.15) is 0 Å². The minimum absolute atomic E-state index is 0.0715. The predicted molar refractivity (Wildman–Crippen MR) is 77.5 cm³/mol. The van der Waals surface area contributed by atoms with Crippen molar-refractivity contribution >= 4 is 17.2 Å². The largest absolute Gasteiger partial charge is 0.573 e. The Kier molecular flexibility index (Phi) is 3.48. The molecule has 0 aliphatic heterocycles. The van der Waals surface area contributed by atoms with Crippen molar-refractivity contribution in [3.05, 3.63) is 48.2 Å². The van der Waals surface area contributed by atoms with E-state index in [4.69, 9.17) is 0 Å². The van der Waals surface area contributed by atoms with Crippen LogP contribution in [-0.2, 0) is 0 Å². The summed E-state index contributed by atoms with van der Waals surface area (Å²) in [6, 6.07) is 8.51. The van der Waals surface area contributed by atoms with Crippen LogP contribution in [0.25, 0.3) is 22.0 Å². The van der Waals surface area contributed by atoms with Crippen molar-refractivity contribution in [1.29, 1.82) is 0 Å². The molecule has 1 aromatic heterocycles. The second kappa shape index (κ2) is 5.35. The molecule has 0 aliphatic carbocycles. The molecule has 3 rings (SSSR count). The molecule has 2 N–H and O–H groups in total. The summed E-state index contributed by atoms with van der Waals surface area (Å²) in [5.74, 6) is -0.720. The summed E-state index contributed by atoms with van der Waals surface area (Å²) in [4.78, 5) is 13.8. The Morgan fingerprint density at radius 2 is 1.83 bits per heavy atom. The second-order valence-electron chi connectivity index (χ2n) is 4.79. The maximum Gasteiger partial charge on any atom is 0.573 e. The number of phenols is 1. The highest BCUT2D eigenvalue weighted by atomic mass is 19.4. The first-order valence-electron chi connectivity index (χ1n) is 6.54. The molecule has 0 spiro atoms. The molecule has 3 aromatic rings. The number of para-hydroxylation sites is 1. The van der Waals surface area contributed by atoms with Gasteiger partial charge in [-0.3, -0.25) is 4.79 Å². The molecule has 23 heavy (non-hydrogen) atoms. The summed E-state index contributed by atoms with van der Waals surface area (Å²) >= 11 is 0. The molecule has 0 unspecified atom stereocenters. The highest BCUT2D eigenvalue weighted by Crippen LogP contribution is 2.41. The number of H-pyrrole nitrogens is 1. The Bertz CT molecular complexity index is 884. The van der Waals surface area contributed by atoms with Crippen molar-refractivity contribution in [2.24, 2.45) is 0 Å². The van der Waals surface area contributed by atoms with Crippen LogP contribution in [0.2, 0.25) is 0 Å². The number of alkyl halides is 3. The summed E-state index contributed by atoms with van der Waals surface area (Å²) in [5, 5.41) is 10.7. The number of carbonyl (C=O) groups is 1. The van der Waals surface area contributed by atoms with E-state index in [0.717, 1.165) is 6.07 Å². The fraction of sp³-hybridized carbons (Fsp3) is 0.0625. The van der Waals surface area contributed by atoms with Crippen LogP contribution in [0.3, 0.4) is 0 Å². The molecule has 0 fully saturated rings. The topological polar surface area (TPSA) is 62.3 Å². The predicted octanol–water partition coefficient (Wildman–Crippen LogP) is 4.25. The quantitative estimate of drug-likeness (QED) is 0.709. The number of aldehydes is 1. The maximum atomic E-state index is 12.5. The fourth-order valence-electron chi connectivity index (χ4n) is 2.44.